The largest absolute Gasteiger partial charge is 0.398 e. The molecule has 1 unspecified atom stereocenters. The summed E-state index contributed by atoms with van der Waals surface area (Å²) in [5.41, 5.74) is 6.51. The Bertz CT molecular complexity index is 495. The van der Waals surface area contributed by atoms with Crippen LogP contribution >= 0.6 is 11.6 Å². The molecule has 1 aromatic carbocycles. The molecule has 0 bridgehead atoms. The first kappa shape index (κ1) is 16.1. The Hall–Kier alpha value is -1.26. The molecule has 1 heterocycles. The fourth-order valence-electron chi connectivity index (χ4n) is 2.93. The lowest BCUT2D eigenvalue weighted by molar-refractivity contribution is -0.0917. The lowest BCUT2D eigenvalue weighted by atomic mass is 9.86. The molecule has 1 fully saturated rings. The van der Waals surface area contributed by atoms with E-state index in [9.17, 15) is 4.79 Å². The molecule has 1 aromatic rings. The molecule has 2 rings (SSSR count). The highest BCUT2D eigenvalue weighted by Gasteiger charge is 2.35. The molecule has 116 valence electrons. The fourth-order valence-corrected chi connectivity index (χ4v) is 3.20. The van der Waals surface area contributed by atoms with Gasteiger partial charge in [0.1, 0.15) is 0 Å². The second-order valence-corrected chi connectivity index (χ2v) is 6.01. The molecule has 0 aliphatic carbocycles. The molecule has 1 amide bonds. The molecule has 0 aromatic heterocycles. The van der Waals surface area contributed by atoms with E-state index >= 15 is 0 Å². The zero-order chi connectivity index (χ0) is 15.5. The predicted octanol–water partition coefficient (Wildman–Crippen LogP) is 3.39. The van der Waals surface area contributed by atoms with Crippen molar-refractivity contribution in [1.29, 1.82) is 0 Å². The number of amides is 1. The van der Waals surface area contributed by atoms with Crippen molar-refractivity contribution in [2.45, 2.75) is 51.2 Å². The summed E-state index contributed by atoms with van der Waals surface area (Å²) in [6, 6.07) is 5.20. The number of carbonyl (C=O) groups excluding carboxylic acids is 1. The number of halogens is 1. The lowest BCUT2D eigenvalue weighted by Crippen LogP contribution is -2.48. The average Bonchev–Trinajstić information content (AvgIpc) is 2.47. The van der Waals surface area contributed by atoms with Crippen LogP contribution in [0.1, 0.15) is 49.9 Å². The van der Waals surface area contributed by atoms with E-state index in [0.29, 0.717) is 22.9 Å². The molecule has 0 spiro atoms. The van der Waals surface area contributed by atoms with Gasteiger partial charge in [0.25, 0.3) is 5.91 Å². The minimum Gasteiger partial charge on any atom is -0.398 e. The highest BCUT2D eigenvalue weighted by atomic mass is 35.5. The van der Waals surface area contributed by atoms with Crippen molar-refractivity contribution in [3.8, 4) is 0 Å². The fraction of sp³-hybridized carbons (Fsp3) is 0.562. The maximum absolute atomic E-state index is 12.4. The van der Waals surface area contributed by atoms with E-state index < -0.39 is 0 Å². The third-order valence-corrected chi connectivity index (χ3v) is 4.70. The van der Waals surface area contributed by atoms with E-state index in [0.717, 1.165) is 25.7 Å². The minimum atomic E-state index is -0.203. The van der Waals surface area contributed by atoms with Crippen molar-refractivity contribution in [2.75, 3.05) is 12.3 Å². The Morgan fingerprint density at radius 2 is 2.19 bits per heavy atom. The first-order valence-electron chi connectivity index (χ1n) is 7.50. The van der Waals surface area contributed by atoms with Gasteiger partial charge in [-0.25, -0.2) is 0 Å². The Kier molecular flexibility index (Phi) is 5.12. The molecule has 5 heteroatoms. The van der Waals surface area contributed by atoms with Crippen LogP contribution in [0, 0.1) is 0 Å². The summed E-state index contributed by atoms with van der Waals surface area (Å²) < 4.78 is 5.93. The van der Waals surface area contributed by atoms with Gasteiger partial charge >= 0.3 is 0 Å². The minimum absolute atomic E-state index is 0.0989. The van der Waals surface area contributed by atoms with Crippen molar-refractivity contribution in [2.24, 2.45) is 0 Å². The number of carbonyl (C=O) groups is 1. The van der Waals surface area contributed by atoms with Crippen molar-refractivity contribution >= 4 is 23.2 Å². The number of rotatable bonds is 4. The molecule has 1 aliphatic heterocycles. The zero-order valence-electron chi connectivity index (χ0n) is 12.6. The monoisotopic (exact) mass is 310 g/mol. The second kappa shape index (κ2) is 6.67. The van der Waals surface area contributed by atoms with Crippen molar-refractivity contribution in [3.05, 3.63) is 28.8 Å². The van der Waals surface area contributed by atoms with E-state index in [-0.39, 0.29) is 17.6 Å². The van der Waals surface area contributed by atoms with E-state index in [2.05, 4.69) is 19.2 Å². The Labute approximate surface area is 131 Å². The van der Waals surface area contributed by atoms with Crippen molar-refractivity contribution in [3.63, 3.8) is 0 Å². The van der Waals surface area contributed by atoms with Gasteiger partial charge in [-0.15, -0.1) is 0 Å². The van der Waals surface area contributed by atoms with Crippen LogP contribution in [0.2, 0.25) is 5.02 Å². The van der Waals surface area contributed by atoms with Crippen molar-refractivity contribution in [1.82, 2.24) is 5.32 Å². The molecule has 0 saturated carbocycles. The number of hydrogen-bond donors (Lipinski definition) is 2. The molecule has 1 atom stereocenters. The molecule has 0 radical (unpaired) electrons. The maximum Gasteiger partial charge on any atom is 0.255 e. The molecular formula is C16H23ClN2O2. The van der Waals surface area contributed by atoms with E-state index in [1.165, 1.54) is 0 Å². The number of nitrogens with one attached hydrogen (secondary N) is 1. The highest BCUT2D eigenvalue weighted by Crippen LogP contribution is 2.32. The van der Waals surface area contributed by atoms with E-state index in [1.54, 1.807) is 18.2 Å². The van der Waals surface area contributed by atoms with Gasteiger partial charge in [-0.3, -0.25) is 4.79 Å². The number of anilines is 1. The third-order valence-electron chi connectivity index (χ3n) is 4.39. The Morgan fingerprint density at radius 1 is 1.48 bits per heavy atom. The van der Waals surface area contributed by atoms with Gasteiger partial charge in [-0.2, -0.15) is 0 Å². The van der Waals surface area contributed by atoms with Gasteiger partial charge in [0.15, 0.2) is 0 Å². The smallest absolute Gasteiger partial charge is 0.255 e. The second-order valence-electron chi connectivity index (χ2n) is 5.61. The van der Waals surface area contributed by atoms with Crippen LogP contribution in [0.4, 0.5) is 5.69 Å². The molecule has 4 nitrogen and oxygen atoms in total. The van der Waals surface area contributed by atoms with Gasteiger partial charge < -0.3 is 15.8 Å². The topological polar surface area (TPSA) is 64.4 Å². The number of nitrogens with two attached hydrogens (primary N) is 1. The van der Waals surface area contributed by atoms with Crippen LogP contribution in [-0.4, -0.2) is 24.2 Å². The van der Waals surface area contributed by atoms with Gasteiger partial charge in [0, 0.05) is 18.3 Å². The number of hydrogen-bond acceptors (Lipinski definition) is 3. The van der Waals surface area contributed by atoms with Gasteiger partial charge in [0.05, 0.1) is 16.2 Å². The van der Waals surface area contributed by atoms with E-state index in [4.69, 9.17) is 22.1 Å². The van der Waals surface area contributed by atoms with Crippen LogP contribution in [-0.2, 0) is 4.74 Å². The first-order chi connectivity index (χ1) is 10.0. The molecule has 1 saturated heterocycles. The summed E-state index contributed by atoms with van der Waals surface area (Å²) in [5, 5.41) is 3.44. The van der Waals surface area contributed by atoms with Gasteiger partial charge in [-0.1, -0.05) is 31.5 Å². The summed E-state index contributed by atoms with van der Waals surface area (Å²) >= 11 is 6.09. The lowest BCUT2D eigenvalue weighted by Gasteiger charge is -2.40. The van der Waals surface area contributed by atoms with Crippen LogP contribution in [0.5, 0.6) is 0 Å². The van der Waals surface area contributed by atoms with Crippen LogP contribution in [0.25, 0.3) is 0 Å². The molecular weight excluding hydrogens is 288 g/mol. The SMILES string of the molecule is CCC1(CC)CC(NC(=O)c2c(N)cccc2Cl)CCO1. The van der Waals surface area contributed by atoms with Gasteiger partial charge in [0.2, 0.25) is 0 Å². The maximum atomic E-state index is 12.4. The van der Waals surface area contributed by atoms with Crippen molar-refractivity contribution < 1.29 is 9.53 Å². The summed E-state index contributed by atoms with van der Waals surface area (Å²) in [5.74, 6) is -0.203. The Morgan fingerprint density at radius 3 is 2.81 bits per heavy atom. The number of ether oxygens (including phenoxy) is 1. The average molecular weight is 311 g/mol. The van der Waals surface area contributed by atoms with Crippen LogP contribution < -0.4 is 11.1 Å². The zero-order valence-corrected chi connectivity index (χ0v) is 13.4. The van der Waals surface area contributed by atoms with E-state index in [1.807, 2.05) is 0 Å². The van der Waals surface area contributed by atoms with Gasteiger partial charge in [-0.05, 0) is 37.8 Å². The third kappa shape index (κ3) is 3.50. The molecule has 21 heavy (non-hydrogen) atoms. The first-order valence-corrected chi connectivity index (χ1v) is 7.88. The summed E-state index contributed by atoms with van der Waals surface area (Å²) in [6.45, 7) is 4.92. The quantitative estimate of drug-likeness (QED) is 0.838. The number of nitrogen functional groups attached to an aromatic ring is 1. The van der Waals surface area contributed by atoms with Crippen LogP contribution in [0.15, 0.2) is 18.2 Å². The Balaban J connectivity index is 2.09. The standard InChI is InChI=1S/C16H23ClN2O2/c1-3-16(4-2)10-11(8-9-21-16)19-15(20)14-12(17)6-5-7-13(14)18/h5-7,11H,3-4,8-10,18H2,1-2H3,(H,19,20). The summed E-state index contributed by atoms with van der Waals surface area (Å²) in [7, 11) is 0. The normalized spacial score (nSPS) is 21.0. The predicted molar refractivity (Wildman–Crippen MR) is 85.6 cm³/mol. The number of benzene rings is 1. The molecule has 1 aliphatic rings. The molecule has 3 N–H and O–H groups in total. The summed E-state index contributed by atoms with van der Waals surface area (Å²) in [4.78, 5) is 12.4. The summed E-state index contributed by atoms with van der Waals surface area (Å²) in [6.07, 6.45) is 3.54. The van der Waals surface area contributed by atoms with Crippen LogP contribution in [0.3, 0.4) is 0 Å². The highest BCUT2D eigenvalue weighted by molar-refractivity contribution is 6.34.